The van der Waals surface area contributed by atoms with Crippen molar-refractivity contribution >= 4 is 11.6 Å². The Morgan fingerprint density at radius 2 is 2.15 bits per heavy atom. The van der Waals surface area contributed by atoms with Gasteiger partial charge in [0.15, 0.2) is 0 Å². The van der Waals surface area contributed by atoms with Crippen LogP contribution in [0.4, 0.5) is 0 Å². The van der Waals surface area contributed by atoms with Crippen LogP contribution in [-0.2, 0) is 0 Å². The fraction of sp³-hybridized carbons (Fsp3) is 0.818. The minimum Gasteiger partial charge on any atom is -0.294 e. The minimum absolute atomic E-state index is 0.638. The molecule has 1 saturated heterocycles. The fourth-order valence-electron chi connectivity index (χ4n) is 2.15. The highest BCUT2D eigenvalue weighted by atomic mass is 35.5. The number of rotatable bonds is 4. The van der Waals surface area contributed by atoms with E-state index in [0.717, 1.165) is 18.6 Å². The van der Waals surface area contributed by atoms with Crippen molar-refractivity contribution in [3.63, 3.8) is 0 Å². The highest BCUT2D eigenvalue weighted by molar-refractivity contribution is 6.18. The van der Waals surface area contributed by atoms with Gasteiger partial charge in [0.05, 0.1) is 0 Å². The molecule has 0 spiro atoms. The van der Waals surface area contributed by atoms with E-state index in [1.54, 1.807) is 0 Å². The number of allylic oxidation sites excluding steroid dienone is 1. The molecule has 1 heterocycles. The van der Waals surface area contributed by atoms with Gasteiger partial charge in [-0.05, 0) is 26.2 Å². The Morgan fingerprint density at radius 3 is 2.77 bits per heavy atom. The molecular formula is C11H20ClN. The first-order valence-corrected chi connectivity index (χ1v) is 5.79. The molecule has 0 saturated carbocycles. The number of alkyl halides is 1. The molecule has 0 radical (unpaired) electrons. The lowest BCUT2D eigenvalue weighted by Gasteiger charge is -2.26. The van der Waals surface area contributed by atoms with Gasteiger partial charge in [-0.3, -0.25) is 4.90 Å². The van der Waals surface area contributed by atoms with Gasteiger partial charge in [0.1, 0.15) is 0 Å². The van der Waals surface area contributed by atoms with Crippen LogP contribution < -0.4 is 0 Å². The smallest absolute Gasteiger partial charge is 0.0404 e. The van der Waals surface area contributed by atoms with Gasteiger partial charge >= 0.3 is 0 Å². The lowest BCUT2D eigenvalue weighted by molar-refractivity contribution is 0.221. The summed E-state index contributed by atoms with van der Waals surface area (Å²) in [4.78, 5) is 2.59. The summed E-state index contributed by atoms with van der Waals surface area (Å²) in [5.41, 5.74) is 0. The van der Waals surface area contributed by atoms with Crippen molar-refractivity contribution in [3.8, 4) is 0 Å². The Balaban J connectivity index is 2.40. The Morgan fingerprint density at radius 1 is 1.38 bits per heavy atom. The van der Waals surface area contributed by atoms with Gasteiger partial charge in [0.25, 0.3) is 0 Å². The second-order valence-electron chi connectivity index (χ2n) is 3.81. The second-order valence-corrected chi connectivity index (χ2v) is 4.12. The van der Waals surface area contributed by atoms with Crippen LogP contribution in [0.2, 0.25) is 0 Å². The van der Waals surface area contributed by atoms with Crippen molar-refractivity contribution in [1.82, 2.24) is 4.90 Å². The number of likely N-dealkylation sites (tertiary alicyclic amines) is 1. The first-order valence-electron chi connectivity index (χ1n) is 5.26. The molecule has 2 unspecified atom stereocenters. The van der Waals surface area contributed by atoms with Crippen LogP contribution in [0.1, 0.15) is 33.1 Å². The molecule has 0 aromatic carbocycles. The third-order valence-corrected chi connectivity index (χ3v) is 3.17. The Bertz CT molecular complexity index is 167. The molecule has 13 heavy (non-hydrogen) atoms. The van der Waals surface area contributed by atoms with Crippen LogP contribution in [0.25, 0.3) is 0 Å². The zero-order valence-corrected chi connectivity index (χ0v) is 9.43. The van der Waals surface area contributed by atoms with E-state index in [1.165, 1.54) is 19.3 Å². The summed E-state index contributed by atoms with van der Waals surface area (Å²) < 4.78 is 0. The van der Waals surface area contributed by atoms with Crippen LogP contribution in [0.15, 0.2) is 12.2 Å². The molecule has 1 fully saturated rings. The summed E-state index contributed by atoms with van der Waals surface area (Å²) in [5, 5.41) is 0. The van der Waals surface area contributed by atoms with E-state index >= 15 is 0 Å². The molecule has 1 aliphatic heterocycles. The Hall–Kier alpha value is -0.0100. The molecular weight excluding hydrogens is 182 g/mol. The highest BCUT2D eigenvalue weighted by Gasteiger charge is 2.27. The molecule has 0 N–H and O–H groups in total. The van der Waals surface area contributed by atoms with E-state index in [1.807, 2.05) is 6.08 Å². The summed E-state index contributed by atoms with van der Waals surface area (Å²) in [7, 11) is 0. The summed E-state index contributed by atoms with van der Waals surface area (Å²) in [5.74, 6) is 0.638. The molecule has 0 aliphatic carbocycles. The third-order valence-electron chi connectivity index (χ3n) is 3.00. The molecule has 2 atom stereocenters. The van der Waals surface area contributed by atoms with E-state index in [0.29, 0.717) is 5.88 Å². The number of hydrogen-bond acceptors (Lipinski definition) is 1. The standard InChI is InChI=1S/C11H20ClN/c1-3-11-7-6-10(2)13(11)9-5-4-8-12/h4-5,10-11H,3,6-9H2,1-2H3/b5-4+. The summed E-state index contributed by atoms with van der Waals surface area (Å²) in [6, 6.07) is 1.56. The van der Waals surface area contributed by atoms with Crippen molar-refractivity contribution in [2.45, 2.75) is 45.2 Å². The zero-order chi connectivity index (χ0) is 9.68. The molecule has 1 aliphatic rings. The van der Waals surface area contributed by atoms with E-state index in [2.05, 4.69) is 24.8 Å². The second kappa shape index (κ2) is 5.66. The normalized spacial score (nSPS) is 30.4. The van der Waals surface area contributed by atoms with Gasteiger partial charge in [-0.1, -0.05) is 19.1 Å². The summed E-state index contributed by atoms with van der Waals surface area (Å²) >= 11 is 5.59. The fourth-order valence-corrected chi connectivity index (χ4v) is 2.28. The number of hydrogen-bond donors (Lipinski definition) is 0. The molecule has 0 bridgehead atoms. The predicted octanol–water partition coefficient (Wildman–Crippen LogP) is 3.04. The Labute approximate surface area is 86.8 Å². The van der Waals surface area contributed by atoms with E-state index in [4.69, 9.17) is 11.6 Å². The molecule has 76 valence electrons. The van der Waals surface area contributed by atoms with Crippen molar-refractivity contribution in [2.75, 3.05) is 12.4 Å². The average molecular weight is 202 g/mol. The first kappa shape index (κ1) is 11.1. The average Bonchev–Trinajstić information content (AvgIpc) is 2.48. The van der Waals surface area contributed by atoms with E-state index in [-0.39, 0.29) is 0 Å². The maximum atomic E-state index is 5.59. The number of nitrogens with zero attached hydrogens (tertiary/aromatic N) is 1. The van der Waals surface area contributed by atoms with Crippen LogP contribution in [-0.4, -0.2) is 29.4 Å². The summed E-state index contributed by atoms with van der Waals surface area (Å²) in [6.45, 7) is 5.68. The highest BCUT2D eigenvalue weighted by Crippen LogP contribution is 2.25. The van der Waals surface area contributed by atoms with Crippen molar-refractivity contribution < 1.29 is 0 Å². The monoisotopic (exact) mass is 201 g/mol. The minimum atomic E-state index is 0.638. The van der Waals surface area contributed by atoms with Crippen LogP contribution in [0.3, 0.4) is 0 Å². The van der Waals surface area contributed by atoms with Gasteiger partial charge in [0, 0.05) is 24.5 Å². The van der Waals surface area contributed by atoms with Gasteiger partial charge in [-0.25, -0.2) is 0 Å². The van der Waals surface area contributed by atoms with Gasteiger partial charge < -0.3 is 0 Å². The predicted molar refractivity (Wildman–Crippen MR) is 59.3 cm³/mol. The topological polar surface area (TPSA) is 3.24 Å². The third kappa shape index (κ3) is 2.99. The molecule has 0 aromatic rings. The van der Waals surface area contributed by atoms with Gasteiger partial charge in [-0.15, -0.1) is 11.6 Å². The Kier molecular flexibility index (Phi) is 4.82. The zero-order valence-electron chi connectivity index (χ0n) is 8.67. The van der Waals surface area contributed by atoms with Gasteiger partial charge in [0.2, 0.25) is 0 Å². The first-order chi connectivity index (χ1) is 6.29. The van der Waals surface area contributed by atoms with Crippen LogP contribution >= 0.6 is 11.6 Å². The molecule has 1 nitrogen and oxygen atoms in total. The molecule has 0 aromatic heterocycles. The van der Waals surface area contributed by atoms with Crippen LogP contribution in [0.5, 0.6) is 0 Å². The van der Waals surface area contributed by atoms with E-state index in [9.17, 15) is 0 Å². The number of halogens is 1. The largest absolute Gasteiger partial charge is 0.294 e. The van der Waals surface area contributed by atoms with Crippen molar-refractivity contribution in [3.05, 3.63) is 12.2 Å². The molecule has 2 heteroatoms. The lowest BCUT2D eigenvalue weighted by Crippen LogP contribution is -2.34. The van der Waals surface area contributed by atoms with Crippen molar-refractivity contribution in [1.29, 1.82) is 0 Å². The SMILES string of the molecule is CCC1CCC(C)N1C/C=C/CCl. The quantitative estimate of drug-likeness (QED) is 0.499. The maximum Gasteiger partial charge on any atom is 0.0404 e. The van der Waals surface area contributed by atoms with Crippen LogP contribution in [0, 0.1) is 0 Å². The molecule has 0 amide bonds. The van der Waals surface area contributed by atoms with Crippen molar-refractivity contribution in [2.24, 2.45) is 0 Å². The summed E-state index contributed by atoms with van der Waals surface area (Å²) in [6.07, 6.45) is 8.23. The van der Waals surface area contributed by atoms with Gasteiger partial charge in [-0.2, -0.15) is 0 Å². The van der Waals surface area contributed by atoms with E-state index < -0.39 is 0 Å². The lowest BCUT2D eigenvalue weighted by atomic mass is 10.1. The maximum absolute atomic E-state index is 5.59. The molecule has 1 rings (SSSR count).